The van der Waals surface area contributed by atoms with E-state index in [9.17, 15) is 0 Å². The molecule has 1 aromatic heterocycles. The van der Waals surface area contributed by atoms with Crippen molar-refractivity contribution >= 4 is 32.9 Å². The molecule has 0 unspecified atom stereocenters. The standard InChI is InChI=1S/C29H31N2/c1-17(2)14-19-15-21-12-13-30(4)29-25-18(3)22-10-6-8-20-9-7-11-23(26(20)22)28(25)31(5)24(16-19)27(21)29/h6,8,10,12-13,15-17H,7,9,11,14H2,1-5H3/q+1. The van der Waals surface area contributed by atoms with E-state index >= 15 is 0 Å². The van der Waals surface area contributed by atoms with Crippen LogP contribution in [0, 0.1) is 12.8 Å². The molecule has 6 rings (SSSR count). The van der Waals surface area contributed by atoms with Gasteiger partial charge in [-0.2, -0.15) is 0 Å². The van der Waals surface area contributed by atoms with Crippen LogP contribution in [0.2, 0.25) is 0 Å². The van der Waals surface area contributed by atoms with Crippen molar-refractivity contribution in [3.05, 3.63) is 64.8 Å². The third-order valence-corrected chi connectivity index (χ3v) is 7.48. The van der Waals surface area contributed by atoms with Crippen molar-refractivity contribution in [1.29, 1.82) is 0 Å². The fourth-order valence-corrected chi connectivity index (χ4v) is 6.24. The quantitative estimate of drug-likeness (QED) is 0.341. The summed E-state index contributed by atoms with van der Waals surface area (Å²) in [5.74, 6) is 0.653. The number of hydrogen-bond acceptors (Lipinski definition) is 1. The highest BCUT2D eigenvalue weighted by molar-refractivity contribution is 6.14. The Morgan fingerprint density at radius 3 is 2.71 bits per heavy atom. The molecule has 0 N–H and O–H groups in total. The maximum Gasteiger partial charge on any atom is 0.224 e. The molecule has 0 saturated carbocycles. The first-order valence-corrected chi connectivity index (χ1v) is 11.7. The highest BCUT2D eigenvalue weighted by Gasteiger charge is 2.35. The topological polar surface area (TPSA) is 7.12 Å². The molecule has 0 saturated heterocycles. The van der Waals surface area contributed by atoms with Gasteiger partial charge in [0.25, 0.3) is 0 Å². The maximum atomic E-state index is 2.51. The van der Waals surface area contributed by atoms with E-state index in [4.69, 9.17) is 0 Å². The number of anilines is 2. The van der Waals surface area contributed by atoms with Gasteiger partial charge in [0.2, 0.25) is 5.69 Å². The van der Waals surface area contributed by atoms with Gasteiger partial charge in [0.05, 0.1) is 22.3 Å². The van der Waals surface area contributed by atoms with Gasteiger partial charge in [-0.25, -0.2) is 4.57 Å². The molecular formula is C29H31N2+. The number of hydrogen-bond donors (Lipinski definition) is 0. The van der Waals surface area contributed by atoms with Gasteiger partial charge in [0, 0.05) is 13.1 Å². The number of pyridine rings is 1. The Morgan fingerprint density at radius 2 is 1.90 bits per heavy atom. The van der Waals surface area contributed by atoms with E-state index in [1.807, 2.05) is 0 Å². The van der Waals surface area contributed by atoms with E-state index in [-0.39, 0.29) is 0 Å². The molecule has 0 amide bonds. The average molecular weight is 408 g/mol. The van der Waals surface area contributed by atoms with Crippen LogP contribution < -0.4 is 9.47 Å². The molecule has 2 aliphatic rings. The van der Waals surface area contributed by atoms with E-state index < -0.39 is 0 Å². The molecule has 0 spiro atoms. The lowest BCUT2D eigenvalue weighted by Gasteiger charge is -2.34. The van der Waals surface area contributed by atoms with E-state index in [0.29, 0.717) is 5.92 Å². The van der Waals surface area contributed by atoms with Gasteiger partial charge in [-0.15, -0.1) is 0 Å². The fraction of sp³-hybridized carbons (Fsp3) is 0.345. The van der Waals surface area contributed by atoms with Crippen LogP contribution in [0.3, 0.4) is 0 Å². The Labute approximate surface area is 185 Å². The lowest BCUT2D eigenvalue weighted by atomic mass is 9.80. The van der Waals surface area contributed by atoms with Gasteiger partial charge >= 0.3 is 0 Å². The molecule has 0 atom stereocenters. The molecule has 31 heavy (non-hydrogen) atoms. The van der Waals surface area contributed by atoms with Crippen LogP contribution in [0.5, 0.6) is 0 Å². The van der Waals surface area contributed by atoms with Crippen molar-refractivity contribution < 1.29 is 4.57 Å². The minimum atomic E-state index is 0.653. The van der Waals surface area contributed by atoms with Crippen molar-refractivity contribution in [1.82, 2.24) is 0 Å². The molecule has 156 valence electrons. The number of fused-ring (bicyclic) bond motifs is 3. The Kier molecular flexibility index (Phi) is 3.99. The monoisotopic (exact) mass is 407 g/mol. The van der Waals surface area contributed by atoms with Crippen LogP contribution in [0.25, 0.3) is 32.8 Å². The van der Waals surface area contributed by atoms with E-state index in [1.165, 1.54) is 80.1 Å². The first-order chi connectivity index (χ1) is 15.0. The van der Waals surface area contributed by atoms with Gasteiger partial charge in [-0.1, -0.05) is 38.1 Å². The van der Waals surface area contributed by atoms with Crippen molar-refractivity contribution in [3.63, 3.8) is 0 Å². The molecule has 0 bridgehead atoms. The minimum absolute atomic E-state index is 0.653. The zero-order valence-electron chi connectivity index (χ0n) is 19.3. The van der Waals surface area contributed by atoms with Crippen molar-refractivity contribution in [2.75, 3.05) is 11.9 Å². The molecule has 3 aromatic carbocycles. The Bertz CT molecular complexity index is 1390. The second-order valence-electron chi connectivity index (χ2n) is 10.0. The van der Waals surface area contributed by atoms with Gasteiger partial charge in [0.15, 0.2) is 6.20 Å². The summed E-state index contributed by atoms with van der Waals surface area (Å²) in [5.41, 5.74) is 11.6. The third-order valence-electron chi connectivity index (χ3n) is 7.48. The predicted molar refractivity (Wildman–Crippen MR) is 131 cm³/mol. The van der Waals surface area contributed by atoms with Crippen LogP contribution in [0.15, 0.2) is 42.6 Å². The highest BCUT2D eigenvalue weighted by Crippen LogP contribution is 2.52. The molecule has 2 heterocycles. The zero-order chi connectivity index (χ0) is 21.4. The zero-order valence-corrected chi connectivity index (χ0v) is 19.3. The molecule has 2 nitrogen and oxygen atoms in total. The molecule has 1 aliphatic carbocycles. The van der Waals surface area contributed by atoms with Crippen LogP contribution >= 0.6 is 0 Å². The molecule has 2 heteroatoms. The maximum absolute atomic E-state index is 2.51. The Balaban J connectivity index is 1.79. The largest absolute Gasteiger partial charge is 0.343 e. The smallest absolute Gasteiger partial charge is 0.224 e. The number of aromatic nitrogens is 1. The number of aryl methyl sites for hydroxylation is 4. The summed E-state index contributed by atoms with van der Waals surface area (Å²) in [6.45, 7) is 6.96. The number of benzene rings is 3. The van der Waals surface area contributed by atoms with E-state index in [1.54, 1.807) is 5.56 Å². The summed E-state index contributed by atoms with van der Waals surface area (Å²) in [6.07, 6.45) is 6.98. The molecular weight excluding hydrogens is 376 g/mol. The second-order valence-corrected chi connectivity index (χ2v) is 10.0. The lowest BCUT2D eigenvalue weighted by Crippen LogP contribution is -2.34. The predicted octanol–water partition coefficient (Wildman–Crippen LogP) is 6.56. The summed E-state index contributed by atoms with van der Waals surface area (Å²) < 4.78 is 2.35. The van der Waals surface area contributed by atoms with Gasteiger partial charge in [-0.05, 0) is 83.0 Å². The summed E-state index contributed by atoms with van der Waals surface area (Å²) >= 11 is 0. The van der Waals surface area contributed by atoms with Crippen molar-refractivity contribution in [2.45, 2.75) is 46.5 Å². The minimum Gasteiger partial charge on any atom is -0.343 e. The molecule has 0 fully saturated rings. The van der Waals surface area contributed by atoms with E-state index in [0.717, 1.165) is 6.42 Å². The highest BCUT2D eigenvalue weighted by atomic mass is 15.1. The number of rotatable bonds is 2. The average Bonchev–Trinajstić information content (AvgIpc) is 2.75. The van der Waals surface area contributed by atoms with Crippen LogP contribution in [-0.4, -0.2) is 7.05 Å². The SMILES string of the molecule is Cc1c2c(c3c4c(cccc14)CCC3)N(C)c1cc(CC(C)C)cc3cc[n+](C)c-2c13. The number of nitrogens with zero attached hydrogens (tertiary/aromatic N) is 2. The molecule has 0 radical (unpaired) electrons. The molecule has 1 aliphatic heterocycles. The van der Waals surface area contributed by atoms with Gasteiger partial charge in [0.1, 0.15) is 7.05 Å². The van der Waals surface area contributed by atoms with Gasteiger partial charge in [-0.3, -0.25) is 0 Å². The summed E-state index contributed by atoms with van der Waals surface area (Å²) in [7, 11) is 4.50. The summed E-state index contributed by atoms with van der Waals surface area (Å²) in [5, 5.41) is 5.72. The molecule has 4 aromatic rings. The van der Waals surface area contributed by atoms with Crippen molar-refractivity contribution in [3.8, 4) is 11.3 Å². The summed E-state index contributed by atoms with van der Waals surface area (Å²) in [6, 6.07) is 14.1. The second kappa shape index (κ2) is 6.56. The summed E-state index contributed by atoms with van der Waals surface area (Å²) in [4.78, 5) is 2.51. The van der Waals surface area contributed by atoms with Crippen LogP contribution in [-0.2, 0) is 26.3 Å². The Hall–Kier alpha value is -2.87. The van der Waals surface area contributed by atoms with E-state index in [2.05, 4.69) is 86.9 Å². The Morgan fingerprint density at radius 1 is 1.06 bits per heavy atom. The third kappa shape index (κ3) is 2.54. The van der Waals surface area contributed by atoms with Crippen LogP contribution in [0.4, 0.5) is 11.4 Å². The normalized spacial score (nSPS) is 14.6. The fourth-order valence-electron chi connectivity index (χ4n) is 6.24. The first kappa shape index (κ1) is 18.9. The van der Waals surface area contributed by atoms with Gasteiger partial charge < -0.3 is 4.90 Å². The first-order valence-electron chi connectivity index (χ1n) is 11.7. The lowest BCUT2D eigenvalue weighted by molar-refractivity contribution is -0.659. The van der Waals surface area contributed by atoms with Crippen molar-refractivity contribution in [2.24, 2.45) is 13.0 Å². The van der Waals surface area contributed by atoms with Crippen LogP contribution in [0.1, 0.15) is 42.5 Å².